The molecule has 2 amide bonds. The molecule has 0 aliphatic carbocycles. The molecule has 0 spiro atoms. The number of amides is 2. The number of aryl methyl sites for hydroxylation is 1. The van der Waals surface area contributed by atoms with E-state index in [9.17, 15) is 24.5 Å². The van der Waals surface area contributed by atoms with Gasteiger partial charge in [0, 0.05) is 33.3 Å². The van der Waals surface area contributed by atoms with Crippen LogP contribution in [0.3, 0.4) is 0 Å². The monoisotopic (exact) mass is 526 g/mol. The molecule has 1 saturated heterocycles. The molecule has 0 radical (unpaired) electrons. The number of hydrogen-bond acceptors (Lipinski definition) is 7. The van der Waals surface area contributed by atoms with Crippen molar-refractivity contribution in [2.75, 3.05) is 6.54 Å². The van der Waals surface area contributed by atoms with E-state index in [1.807, 2.05) is 0 Å². The van der Waals surface area contributed by atoms with Crippen LogP contribution in [0.25, 0.3) is 17.4 Å². The van der Waals surface area contributed by atoms with Gasteiger partial charge in [0.25, 0.3) is 16.8 Å². The molecule has 1 fully saturated rings. The van der Waals surface area contributed by atoms with Crippen LogP contribution in [0.4, 0.5) is 10.5 Å². The van der Waals surface area contributed by atoms with Gasteiger partial charge < -0.3 is 4.42 Å². The minimum Gasteiger partial charge on any atom is -0.457 e. The van der Waals surface area contributed by atoms with Crippen LogP contribution in [-0.4, -0.2) is 33.3 Å². The second-order valence-electron chi connectivity index (χ2n) is 7.16. The van der Waals surface area contributed by atoms with Crippen LogP contribution in [-0.2, 0) is 4.79 Å². The first kappa shape index (κ1) is 22.7. The molecule has 0 N–H and O–H groups in total. The van der Waals surface area contributed by atoms with E-state index in [1.165, 1.54) is 12.1 Å². The van der Waals surface area contributed by atoms with Crippen LogP contribution >= 0.6 is 27.7 Å². The Labute approximate surface area is 200 Å². The van der Waals surface area contributed by atoms with E-state index in [2.05, 4.69) is 15.9 Å². The fourth-order valence-corrected chi connectivity index (χ4v) is 4.26. The molecule has 0 atom stereocenters. The molecule has 166 valence electrons. The number of ketones is 1. The van der Waals surface area contributed by atoms with Crippen LogP contribution < -0.4 is 0 Å². The molecule has 1 aliphatic rings. The van der Waals surface area contributed by atoms with Gasteiger partial charge in [-0.25, -0.2) is 0 Å². The second kappa shape index (κ2) is 9.16. The molecule has 10 heteroatoms. The Morgan fingerprint density at radius 3 is 2.58 bits per heavy atom. The third-order valence-corrected chi connectivity index (χ3v) is 6.37. The smallest absolute Gasteiger partial charge is 0.293 e. The summed E-state index contributed by atoms with van der Waals surface area (Å²) in [5.41, 5.74) is 1.41. The lowest BCUT2D eigenvalue weighted by Gasteiger charge is -2.11. The van der Waals surface area contributed by atoms with Crippen molar-refractivity contribution in [1.82, 2.24) is 4.90 Å². The molecule has 0 saturated carbocycles. The Hall–Kier alpha value is -3.50. The number of nitrogens with zero attached hydrogens (tertiary/aromatic N) is 2. The zero-order valence-electron chi connectivity index (χ0n) is 17.1. The average molecular weight is 527 g/mol. The van der Waals surface area contributed by atoms with E-state index in [0.29, 0.717) is 28.2 Å². The standard InChI is InChI=1S/C23H15BrN2O6S/c1-13-2-3-15(10-18(13)26(30)31)20-9-8-17(32-20)11-21-22(28)25(23(29)33-21)12-19(27)14-4-6-16(24)7-5-14/h2-11H,12H2,1H3/b21-11+. The lowest BCUT2D eigenvalue weighted by Crippen LogP contribution is -2.33. The van der Waals surface area contributed by atoms with Gasteiger partial charge in [-0.2, -0.15) is 0 Å². The topological polar surface area (TPSA) is 111 Å². The molecule has 2 heterocycles. The van der Waals surface area contributed by atoms with Gasteiger partial charge in [-0.1, -0.05) is 40.2 Å². The van der Waals surface area contributed by atoms with Crippen LogP contribution in [0.1, 0.15) is 21.7 Å². The highest BCUT2D eigenvalue weighted by Crippen LogP contribution is 2.34. The quantitative estimate of drug-likeness (QED) is 0.171. The van der Waals surface area contributed by atoms with Gasteiger partial charge in [-0.05, 0) is 43.0 Å². The first-order valence-corrected chi connectivity index (χ1v) is 11.2. The molecular weight excluding hydrogens is 512 g/mol. The Morgan fingerprint density at radius 1 is 1.15 bits per heavy atom. The van der Waals surface area contributed by atoms with Gasteiger partial charge in [0.15, 0.2) is 5.78 Å². The number of nitro benzene ring substituents is 1. The molecule has 3 aromatic rings. The number of thioether (sulfide) groups is 1. The summed E-state index contributed by atoms with van der Waals surface area (Å²) in [6, 6.07) is 14.6. The Balaban J connectivity index is 1.52. The van der Waals surface area contributed by atoms with Gasteiger partial charge in [-0.3, -0.25) is 29.4 Å². The molecule has 2 aromatic carbocycles. The SMILES string of the molecule is Cc1ccc(-c2ccc(/C=C3/SC(=O)N(CC(=O)c4ccc(Br)cc4)C3=O)o2)cc1[N+](=O)[O-]. The number of carbonyl (C=O) groups is 3. The summed E-state index contributed by atoms with van der Waals surface area (Å²) in [4.78, 5) is 49.3. The first-order valence-electron chi connectivity index (χ1n) is 9.62. The van der Waals surface area contributed by atoms with Crippen LogP contribution in [0.15, 0.2) is 68.4 Å². The summed E-state index contributed by atoms with van der Waals surface area (Å²) >= 11 is 4.01. The van der Waals surface area contributed by atoms with Crippen molar-refractivity contribution in [1.29, 1.82) is 0 Å². The molecule has 4 rings (SSSR count). The number of imide groups is 1. The normalized spacial score (nSPS) is 14.8. The fourth-order valence-electron chi connectivity index (χ4n) is 3.18. The number of furan rings is 1. The number of hydrogen-bond donors (Lipinski definition) is 0. The predicted octanol–water partition coefficient (Wildman–Crippen LogP) is 5.84. The number of carbonyl (C=O) groups excluding carboxylic acids is 3. The summed E-state index contributed by atoms with van der Waals surface area (Å²) in [6.07, 6.45) is 1.42. The maximum Gasteiger partial charge on any atom is 0.293 e. The molecule has 0 unspecified atom stereocenters. The van der Waals surface area contributed by atoms with Crippen molar-refractivity contribution in [3.8, 4) is 11.3 Å². The van der Waals surface area contributed by atoms with Crippen LogP contribution in [0.5, 0.6) is 0 Å². The van der Waals surface area contributed by atoms with Gasteiger partial charge in [-0.15, -0.1) is 0 Å². The third kappa shape index (κ3) is 4.81. The lowest BCUT2D eigenvalue weighted by molar-refractivity contribution is -0.385. The lowest BCUT2D eigenvalue weighted by atomic mass is 10.1. The van der Waals surface area contributed by atoms with Crippen molar-refractivity contribution < 1.29 is 23.7 Å². The molecular formula is C23H15BrN2O6S. The van der Waals surface area contributed by atoms with E-state index in [-0.39, 0.29) is 22.9 Å². The van der Waals surface area contributed by atoms with Crippen LogP contribution in [0, 0.1) is 17.0 Å². The molecule has 8 nitrogen and oxygen atoms in total. The molecule has 0 bridgehead atoms. The highest BCUT2D eigenvalue weighted by atomic mass is 79.9. The summed E-state index contributed by atoms with van der Waals surface area (Å²) in [7, 11) is 0. The molecule has 1 aromatic heterocycles. The Morgan fingerprint density at radius 2 is 1.88 bits per heavy atom. The van der Waals surface area contributed by atoms with Crippen molar-refractivity contribution in [3.63, 3.8) is 0 Å². The van der Waals surface area contributed by atoms with Crippen molar-refractivity contribution in [3.05, 3.63) is 91.0 Å². The van der Waals surface area contributed by atoms with E-state index in [0.717, 1.165) is 21.1 Å². The van der Waals surface area contributed by atoms with Crippen LogP contribution in [0.2, 0.25) is 0 Å². The third-order valence-electron chi connectivity index (χ3n) is 4.93. The summed E-state index contributed by atoms with van der Waals surface area (Å²) < 4.78 is 6.53. The van der Waals surface area contributed by atoms with Gasteiger partial charge in [0.1, 0.15) is 11.5 Å². The fraction of sp³-hybridized carbons (Fsp3) is 0.0870. The number of Topliss-reactive ketones (excluding diaryl/α,β-unsaturated/α-hetero) is 1. The van der Waals surface area contributed by atoms with Gasteiger partial charge >= 0.3 is 0 Å². The summed E-state index contributed by atoms with van der Waals surface area (Å²) in [6.45, 7) is 1.28. The highest BCUT2D eigenvalue weighted by Gasteiger charge is 2.36. The van der Waals surface area contributed by atoms with E-state index in [1.54, 1.807) is 55.5 Å². The Bertz CT molecular complexity index is 1330. The number of halogens is 1. The number of rotatable bonds is 6. The maximum absolute atomic E-state index is 12.7. The minimum atomic E-state index is -0.584. The zero-order valence-corrected chi connectivity index (χ0v) is 19.5. The highest BCUT2D eigenvalue weighted by molar-refractivity contribution is 9.10. The summed E-state index contributed by atoms with van der Waals surface area (Å²) in [5, 5.41) is 10.6. The van der Waals surface area contributed by atoms with Gasteiger partial charge in [0.05, 0.1) is 16.4 Å². The zero-order chi connectivity index (χ0) is 23.7. The maximum atomic E-state index is 12.7. The predicted molar refractivity (Wildman–Crippen MR) is 127 cm³/mol. The molecule has 1 aliphatic heterocycles. The van der Waals surface area contributed by atoms with Crippen molar-refractivity contribution in [2.24, 2.45) is 0 Å². The number of nitro groups is 1. The first-order chi connectivity index (χ1) is 15.7. The summed E-state index contributed by atoms with van der Waals surface area (Å²) in [5.74, 6) is -0.251. The van der Waals surface area contributed by atoms with Crippen molar-refractivity contribution >= 4 is 56.4 Å². The van der Waals surface area contributed by atoms with E-state index < -0.39 is 16.1 Å². The van der Waals surface area contributed by atoms with E-state index >= 15 is 0 Å². The molecule has 33 heavy (non-hydrogen) atoms. The van der Waals surface area contributed by atoms with Gasteiger partial charge in [0.2, 0.25) is 0 Å². The Kier molecular flexibility index (Phi) is 6.30. The average Bonchev–Trinajstić information content (AvgIpc) is 3.34. The number of benzene rings is 2. The second-order valence-corrected chi connectivity index (χ2v) is 9.07. The van der Waals surface area contributed by atoms with E-state index in [4.69, 9.17) is 4.42 Å². The largest absolute Gasteiger partial charge is 0.457 e. The van der Waals surface area contributed by atoms with Crippen molar-refractivity contribution in [2.45, 2.75) is 6.92 Å². The minimum absolute atomic E-state index is 0.0259.